The van der Waals surface area contributed by atoms with Crippen LogP contribution in [-0.4, -0.2) is 34.2 Å². The minimum absolute atomic E-state index is 0.297. The van der Waals surface area contributed by atoms with Crippen LogP contribution in [0.15, 0.2) is 36.5 Å². The van der Waals surface area contributed by atoms with Crippen LogP contribution in [0.5, 0.6) is 0 Å². The van der Waals surface area contributed by atoms with E-state index in [1.165, 1.54) is 11.5 Å². The molecule has 1 aromatic carbocycles. The molecule has 0 aliphatic heterocycles. The van der Waals surface area contributed by atoms with Crippen molar-refractivity contribution in [2.75, 3.05) is 0 Å². The van der Waals surface area contributed by atoms with E-state index in [2.05, 4.69) is 4.98 Å². The third-order valence-corrected chi connectivity index (χ3v) is 2.95. The van der Waals surface area contributed by atoms with Crippen LogP contribution in [-0.2, 0) is 16.0 Å². The Kier molecular flexibility index (Phi) is 4.30. The zero-order valence-corrected chi connectivity index (χ0v) is 11.1. The van der Waals surface area contributed by atoms with Crippen molar-refractivity contribution in [1.29, 1.82) is 0 Å². The van der Waals surface area contributed by atoms with Crippen molar-refractivity contribution in [3.8, 4) is 0 Å². The first-order valence-electron chi connectivity index (χ1n) is 6.21. The predicted octanol–water partition coefficient (Wildman–Crippen LogP) is 1.91. The summed E-state index contributed by atoms with van der Waals surface area (Å²) in [7, 11) is 0. The number of benzene rings is 1. The van der Waals surface area contributed by atoms with Crippen molar-refractivity contribution < 1.29 is 27.9 Å². The maximum atomic E-state index is 12.2. The van der Waals surface area contributed by atoms with Gasteiger partial charge >= 0.3 is 18.1 Å². The Morgan fingerprint density at radius 3 is 2.59 bits per heavy atom. The number of nitrogens with one attached hydrogen (secondary N) is 1. The van der Waals surface area contributed by atoms with Crippen molar-refractivity contribution in [2.45, 2.75) is 18.6 Å². The average Bonchev–Trinajstić information content (AvgIpc) is 2.45. The minimum Gasteiger partial charge on any atom is -0.480 e. The lowest BCUT2D eigenvalue weighted by Crippen LogP contribution is -2.47. The van der Waals surface area contributed by atoms with Crippen LogP contribution >= 0.6 is 0 Å². The monoisotopic (exact) mass is 312 g/mol. The van der Waals surface area contributed by atoms with Gasteiger partial charge in [-0.1, -0.05) is 18.2 Å². The molecule has 0 aliphatic carbocycles. The summed E-state index contributed by atoms with van der Waals surface area (Å²) in [6.45, 7) is 0. The van der Waals surface area contributed by atoms with Gasteiger partial charge in [0.25, 0.3) is 0 Å². The minimum atomic E-state index is -5.13. The van der Waals surface area contributed by atoms with Gasteiger partial charge in [0.2, 0.25) is 0 Å². The summed E-state index contributed by atoms with van der Waals surface area (Å²) in [4.78, 5) is 26.0. The normalized spacial score (nSPS) is 12.9. The topological polar surface area (TPSA) is 79.3 Å². The molecular weight excluding hydrogens is 301 g/mol. The van der Waals surface area contributed by atoms with Crippen LogP contribution in [0.3, 0.4) is 0 Å². The van der Waals surface area contributed by atoms with E-state index in [1.807, 2.05) is 0 Å². The number of pyridine rings is 1. The highest BCUT2D eigenvalue weighted by Gasteiger charge is 2.40. The number of aromatic nitrogens is 1. The molecule has 2 N–H and O–H groups in total. The molecule has 0 fully saturated rings. The molecule has 22 heavy (non-hydrogen) atoms. The Balaban J connectivity index is 2.19. The van der Waals surface area contributed by atoms with E-state index in [9.17, 15) is 22.8 Å². The van der Waals surface area contributed by atoms with Gasteiger partial charge in [-0.3, -0.25) is 9.78 Å². The van der Waals surface area contributed by atoms with Gasteiger partial charge in [-0.2, -0.15) is 13.2 Å². The fourth-order valence-corrected chi connectivity index (χ4v) is 1.90. The number of rotatable bonds is 4. The van der Waals surface area contributed by atoms with Gasteiger partial charge in [0.15, 0.2) is 0 Å². The fourth-order valence-electron chi connectivity index (χ4n) is 1.90. The molecule has 1 unspecified atom stereocenters. The number of carbonyl (C=O) groups excluding carboxylic acids is 1. The molecule has 1 heterocycles. The Morgan fingerprint density at radius 1 is 1.27 bits per heavy atom. The number of halogens is 3. The van der Waals surface area contributed by atoms with Crippen LogP contribution < -0.4 is 5.32 Å². The Labute approximate surface area is 122 Å². The molecule has 1 aromatic heterocycles. The van der Waals surface area contributed by atoms with Crippen LogP contribution in [0, 0.1) is 0 Å². The molecule has 1 atom stereocenters. The van der Waals surface area contributed by atoms with Crippen molar-refractivity contribution in [1.82, 2.24) is 10.3 Å². The van der Waals surface area contributed by atoms with Gasteiger partial charge in [0.1, 0.15) is 6.04 Å². The van der Waals surface area contributed by atoms with Crippen LogP contribution in [0.2, 0.25) is 0 Å². The summed E-state index contributed by atoms with van der Waals surface area (Å²) in [5.41, 5.74) is 1.09. The summed E-state index contributed by atoms with van der Waals surface area (Å²) >= 11 is 0. The lowest BCUT2D eigenvalue weighted by molar-refractivity contribution is -0.175. The molecule has 0 spiro atoms. The van der Waals surface area contributed by atoms with E-state index >= 15 is 0 Å². The number of amides is 1. The molecule has 0 saturated heterocycles. The number of hydrogen-bond donors (Lipinski definition) is 2. The van der Waals surface area contributed by atoms with E-state index in [0.29, 0.717) is 11.1 Å². The van der Waals surface area contributed by atoms with E-state index in [-0.39, 0.29) is 6.42 Å². The standard InChI is InChI=1S/C14H11F3N2O3/c15-14(16,17)13(22)19-11(12(20)21)6-8-5-9-3-1-2-4-10(9)18-7-8/h1-5,7,11H,6H2,(H,19,22)(H,20,21). The number of nitrogens with zero attached hydrogens (tertiary/aromatic N) is 1. The van der Waals surface area contributed by atoms with Crippen LogP contribution in [0.25, 0.3) is 10.9 Å². The number of carbonyl (C=O) groups is 2. The molecule has 8 heteroatoms. The van der Waals surface area contributed by atoms with Crippen LogP contribution in [0.4, 0.5) is 13.2 Å². The lowest BCUT2D eigenvalue weighted by atomic mass is 10.1. The number of alkyl halides is 3. The SMILES string of the molecule is O=C(O)C(Cc1cnc2ccccc2c1)NC(=O)C(F)(F)F. The highest BCUT2D eigenvalue weighted by Crippen LogP contribution is 2.17. The van der Waals surface area contributed by atoms with E-state index < -0.39 is 24.1 Å². The van der Waals surface area contributed by atoms with Crippen molar-refractivity contribution in [2.24, 2.45) is 0 Å². The summed E-state index contributed by atoms with van der Waals surface area (Å²) in [5.74, 6) is -3.83. The van der Waals surface area contributed by atoms with Crippen molar-refractivity contribution >= 4 is 22.8 Å². The first-order valence-corrected chi connectivity index (χ1v) is 6.21. The Morgan fingerprint density at radius 2 is 1.95 bits per heavy atom. The number of para-hydroxylation sites is 1. The molecule has 0 radical (unpaired) electrons. The van der Waals surface area contributed by atoms with Crippen molar-refractivity contribution in [3.05, 3.63) is 42.1 Å². The lowest BCUT2D eigenvalue weighted by Gasteiger charge is -2.15. The van der Waals surface area contributed by atoms with Gasteiger partial charge in [-0.05, 0) is 17.7 Å². The van der Waals surface area contributed by atoms with Gasteiger partial charge in [0.05, 0.1) is 5.52 Å². The summed E-state index contributed by atoms with van der Waals surface area (Å²) in [6, 6.07) is 6.97. The number of aliphatic carboxylic acids is 1. The first-order chi connectivity index (χ1) is 10.3. The predicted molar refractivity (Wildman–Crippen MR) is 71.1 cm³/mol. The molecule has 0 saturated carbocycles. The molecular formula is C14H11F3N2O3. The zero-order valence-electron chi connectivity index (χ0n) is 11.1. The van der Waals surface area contributed by atoms with Crippen molar-refractivity contribution in [3.63, 3.8) is 0 Å². The van der Waals surface area contributed by atoms with Gasteiger partial charge in [-0.15, -0.1) is 0 Å². The third kappa shape index (κ3) is 3.72. The van der Waals surface area contributed by atoms with E-state index in [1.54, 1.807) is 30.3 Å². The molecule has 5 nitrogen and oxygen atoms in total. The van der Waals surface area contributed by atoms with Gasteiger partial charge in [-0.25, -0.2) is 4.79 Å². The first kappa shape index (κ1) is 15.7. The molecule has 0 aliphatic rings. The Hall–Kier alpha value is -2.64. The van der Waals surface area contributed by atoms with E-state index in [4.69, 9.17) is 5.11 Å². The third-order valence-electron chi connectivity index (χ3n) is 2.95. The fraction of sp³-hybridized carbons (Fsp3) is 0.214. The number of hydrogen-bond acceptors (Lipinski definition) is 3. The highest BCUT2D eigenvalue weighted by molar-refractivity contribution is 5.87. The average molecular weight is 312 g/mol. The molecule has 116 valence electrons. The molecule has 2 rings (SSSR count). The zero-order chi connectivity index (χ0) is 16.3. The second kappa shape index (κ2) is 6.00. The quantitative estimate of drug-likeness (QED) is 0.904. The highest BCUT2D eigenvalue weighted by atomic mass is 19.4. The molecule has 0 bridgehead atoms. The number of carboxylic acid groups (broad SMARTS) is 1. The number of fused-ring (bicyclic) bond motifs is 1. The second-order valence-electron chi connectivity index (χ2n) is 4.60. The maximum Gasteiger partial charge on any atom is 0.471 e. The van der Waals surface area contributed by atoms with Crippen LogP contribution in [0.1, 0.15) is 5.56 Å². The number of carboxylic acids is 1. The smallest absolute Gasteiger partial charge is 0.471 e. The Bertz CT molecular complexity index is 716. The summed E-state index contributed by atoms with van der Waals surface area (Å²) in [6.07, 6.45) is -4.05. The van der Waals surface area contributed by atoms with Gasteiger partial charge < -0.3 is 10.4 Å². The second-order valence-corrected chi connectivity index (χ2v) is 4.60. The largest absolute Gasteiger partial charge is 0.480 e. The van der Waals surface area contributed by atoms with Gasteiger partial charge in [0, 0.05) is 18.0 Å². The maximum absolute atomic E-state index is 12.2. The summed E-state index contributed by atoms with van der Waals surface area (Å²) in [5, 5.41) is 11.1. The molecule has 1 amide bonds. The van der Waals surface area contributed by atoms with E-state index in [0.717, 1.165) is 5.39 Å². The molecule has 2 aromatic rings. The summed E-state index contributed by atoms with van der Waals surface area (Å²) < 4.78 is 36.6.